The predicted octanol–water partition coefficient (Wildman–Crippen LogP) is 0.798. The van der Waals surface area contributed by atoms with Crippen molar-refractivity contribution in [2.45, 2.75) is 36.7 Å². The van der Waals surface area contributed by atoms with Crippen LogP contribution >= 0.6 is 0 Å². The van der Waals surface area contributed by atoms with Gasteiger partial charge in [-0.15, -0.1) is 0 Å². The number of sulfonamides is 1. The average Bonchev–Trinajstić information content (AvgIpc) is 2.46. The van der Waals surface area contributed by atoms with Crippen molar-refractivity contribution in [1.29, 1.82) is 0 Å². The third-order valence-corrected chi connectivity index (χ3v) is 4.81. The van der Waals surface area contributed by atoms with Gasteiger partial charge in [-0.2, -0.15) is 0 Å². The molecule has 1 atom stereocenters. The van der Waals surface area contributed by atoms with Gasteiger partial charge in [0.1, 0.15) is 0 Å². The van der Waals surface area contributed by atoms with Gasteiger partial charge in [0, 0.05) is 25.9 Å². The highest BCUT2D eigenvalue weighted by molar-refractivity contribution is 7.89. The summed E-state index contributed by atoms with van der Waals surface area (Å²) in [7, 11) is -2.01. The van der Waals surface area contributed by atoms with Gasteiger partial charge in [0.2, 0.25) is 10.0 Å². The van der Waals surface area contributed by atoms with Crippen LogP contribution in [0, 0.1) is 0 Å². The van der Waals surface area contributed by atoms with E-state index in [1.54, 1.807) is 25.3 Å². The Morgan fingerprint density at radius 2 is 2.14 bits per heavy atom. The zero-order chi connectivity index (χ0) is 15.5. The summed E-state index contributed by atoms with van der Waals surface area (Å²) >= 11 is 0. The molecule has 0 aromatic heterocycles. The van der Waals surface area contributed by atoms with E-state index in [1.807, 2.05) is 0 Å². The van der Waals surface area contributed by atoms with E-state index < -0.39 is 10.0 Å². The van der Waals surface area contributed by atoms with Crippen molar-refractivity contribution >= 4 is 15.7 Å². The van der Waals surface area contributed by atoms with Crippen molar-refractivity contribution in [3.05, 3.63) is 23.8 Å². The molecule has 0 spiro atoms. The zero-order valence-corrected chi connectivity index (χ0v) is 13.1. The predicted molar refractivity (Wildman–Crippen MR) is 82.6 cm³/mol. The summed E-state index contributed by atoms with van der Waals surface area (Å²) in [5.41, 5.74) is 7.57. The van der Waals surface area contributed by atoms with Crippen molar-refractivity contribution in [3.63, 3.8) is 0 Å². The minimum Gasteiger partial charge on any atom is -0.383 e. The fourth-order valence-corrected chi connectivity index (χ4v) is 3.43. The third kappa shape index (κ3) is 3.74. The fraction of sp³-hybridized carbons (Fsp3) is 0.571. The van der Waals surface area contributed by atoms with Crippen molar-refractivity contribution in [2.75, 3.05) is 25.2 Å². The maximum absolute atomic E-state index is 11.5. The number of ether oxygens (including phenoxy) is 1. The van der Waals surface area contributed by atoms with Crippen LogP contribution in [0.5, 0.6) is 0 Å². The molecule has 1 fully saturated rings. The van der Waals surface area contributed by atoms with E-state index >= 15 is 0 Å². The van der Waals surface area contributed by atoms with Gasteiger partial charge in [-0.3, -0.25) is 0 Å². The number of rotatable bonds is 5. The van der Waals surface area contributed by atoms with Gasteiger partial charge in [0.15, 0.2) is 0 Å². The van der Waals surface area contributed by atoms with Gasteiger partial charge in [-0.1, -0.05) is 0 Å². The molecule has 6 nitrogen and oxygen atoms in total. The highest BCUT2D eigenvalue weighted by Gasteiger charge is 2.24. The van der Waals surface area contributed by atoms with Gasteiger partial charge in [-0.05, 0) is 43.0 Å². The summed E-state index contributed by atoms with van der Waals surface area (Å²) in [6, 6.07) is 5.22. The molecule has 2 rings (SSSR count). The van der Waals surface area contributed by atoms with E-state index in [0.717, 1.165) is 30.6 Å². The largest absolute Gasteiger partial charge is 0.383 e. The molecule has 0 aliphatic carbocycles. The molecular weight excluding hydrogens is 290 g/mol. The number of primary sulfonamides is 1. The molecule has 1 saturated heterocycles. The molecule has 1 heterocycles. The van der Waals surface area contributed by atoms with Crippen molar-refractivity contribution in [1.82, 2.24) is 0 Å². The smallest absolute Gasteiger partial charge is 0.238 e. The monoisotopic (exact) mass is 313 g/mol. The summed E-state index contributed by atoms with van der Waals surface area (Å²) < 4.78 is 28.2. The summed E-state index contributed by atoms with van der Waals surface area (Å²) in [5.74, 6) is 0. The molecule has 1 aromatic rings. The van der Waals surface area contributed by atoms with E-state index in [2.05, 4.69) is 4.90 Å². The van der Waals surface area contributed by atoms with Crippen LogP contribution in [-0.4, -0.2) is 34.7 Å². The molecule has 1 aliphatic heterocycles. The first kappa shape index (κ1) is 16.2. The number of nitrogens with zero attached hydrogens (tertiary/aromatic N) is 1. The first-order valence-electron chi connectivity index (χ1n) is 7.08. The lowest BCUT2D eigenvalue weighted by molar-refractivity contribution is 0.166. The Kier molecular flexibility index (Phi) is 5.21. The van der Waals surface area contributed by atoms with Gasteiger partial charge >= 0.3 is 0 Å². The molecule has 1 aliphatic rings. The Labute approximate surface area is 126 Å². The van der Waals surface area contributed by atoms with E-state index in [1.165, 1.54) is 6.42 Å². The molecule has 1 aromatic carbocycles. The summed E-state index contributed by atoms with van der Waals surface area (Å²) in [6.07, 6.45) is 3.35. The zero-order valence-electron chi connectivity index (χ0n) is 12.3. The van der Waals surface area contributed by atoms with E-state index in [9.17, 15) is 8.42 Å². The maximum atomic E-state index is 11.5. The highest BCUT2D eigenvalue weighted by Crippen LogP contribution is 2.29. The van der Waals surface area contributed by atoms with Crippen LogP contribution in [0.15, 0.2) is 23.1 Å². The number of piperidine rings is 1. The molecule has 0 saturated carbocycles. The lowest BCUT2D eigenvalue weighted by Crippen LogP contribution is -2.43. The molecule has 4 N–H and O–H groups in total. The van der Waals surface area contributed by atoms with E-state index in [4.69, 9.17) is 15.6 Å². The SMILES string of the molecule is COCC1CCCCN1c1ccc(S(N)(=O)=O)cc1CN. The van der Waals surface area contributed by atoms with Crippen LogP contribution in [0.3, 0.4) is 0 Å². The number of benzene rings is 1. The number of methoxy groups -OCH3 is 1. The summed E-state index contributed by atoms with van der Waals surface area (Å²) in [6.45, 7) is 1.85. The van der Waals surface area contributed by atoms with Crippen LogP contribution in [0.1, 0.15) is 24.8 Å². The summed E-state index contributed by atoms with van der Waals surface area (Å²) in [4.78, 5) is 2.37. The minimum absolute atomic E-state index is 0.104. The van der Waals surface area contributed by atoms with Gasteiger partial charge in [-0.25, -0.2) is 13.6 Å². The molecule has 21 heavy (non-hydrogen) atoms. The third-order valence-electron chi connectivity index (χ3n) is 3.90. The molecular formula is C14H23N3O3S. The Morgan fingerprint density at radius 3 is 2.76 bits per heavy atom. The Hall–Kier alpha value is -1.15. The van der Waals surface area contributed by atoms with Gasteiger partial charge in [0.05, 0.1) is 17.5 Å². The highest BCUT2D eigenvalue weighted by atomic mass is 32.2. The quantitative estimate of drug-likeness (QED) is 0.837. The topological polar surface area (TPSA) is 98.6 Å². The molecule has 7 heteroatoms. The molecule has 0 amide bonds. The second kappa shape index (κ2) is 6.74. The normalized spacial score (nSPS) is 19.8. The van der Waals surface area contributed by atoms with Gasteiger partial charge in [0.25, 0.3) is 0 Å². The van der Waals surface area contributed by atoms with Crippen molar-refractivity contribution in [3.8, 4) is 0 Å². The number of nitrogens with two attached hydrogens (primary N) is 2. The number of anilines is 1. The maximum Gasteiger partial charge on any atom is 0.238 e. The van der Waals surface area contributed by atoms with E-state index in [-0.39, 0.29) is 11.4 Å². The molecule has 118 valence electrons. The Morgan fingerprint density at radius 1 is 1.38 bits per heavy atom. The van der Waals surface area contributed by atoms with Crippen LogP contribution in [0.4, 0.5) is 5.69 Å². The lowest BCUT2D eigenvalue weighted by Gasteiger charge is -2.38. The first-order chi connectivity index (χ1) is 9.97. The molecule has 0 bridgehead atoms. The van der Waals surface area contributed by atoms with Crippen LogP contribution in [-0.2, 0) is 21.3 Å². The molecule has 1 unspecified atom stereocenters. The van der Waals surface area contributed by atoms with Crippen molar-refractivity contribution in [2.24, 2.45) is 10.9 Å². The van der Waals surface area contributed by atoms with Crippen molar-refractivity contribution < 1.29 is 13.2 Å². The van der Waals surface area contributed by atoms with Crippen LogP contribution in [0.2, 0.25) is 0 Å². The first-order valence-corrected chi connectivity index (χ1v) is 8.63. The molecule has 0 radical (unpaired) electrons. The summed E-state index contributed by atoms with van der Waals surface area (Å²) in [5, 5.41) is 5.18. The second-order valence-corrected chi connectivity index (χ2v) is 6.90. The van der Waals surface area contributed by atoms with Gasteiger partial charge < -0.3 is 15.4 Å². The number of hydrogen-bond donors (Lipinski definition) is 2. The standard InChI is InChI=1S/C14H23N3O3S/c1-20-10-12-4-2-3-7-17(12)14-6-5-13(21(16,18)19)8-11(14)9-15/h5-6,8,12H,2-4,7,9-10,15H2,1H3,(H2,16,18,19). The Balaban J connectivity index is 2.37. The Bertz CT molecular complexity index is 587. The second-order valence-electron chi connectivity index (χ2n) is 5.34. The average molecular weight is 313 g/mol. The van der Waals surface area contributed by atoms with E-state index in [0.29, 0.717) is 12.6 Å². The number of hydrogen-bond acceptors (Lipinski definition) is 5. The minimum atomic E-state index is -3.71. The fourth-order valence-electron chi connectivity index (χ4n) is 2.87. The van der Waals surface area contributed by atoms with Crippen LogP contribution in [0.25, 0.3) is 0 Å². The van der Waals surface area contributed by atoms with Crippen LogP contribution < -0.4 is 15.8 Å². The lowest BCUT2D eigenvalue weighted by atomic mass is 10.00.